The number of methoxy groups -OCH3 is 1. The zero-order chi connectivity index (χ0) is 45.1. The van der Waals surface area contributed by atoms with Crippen molar-refractivity contribution < 1.29 is 53.8 Å². The molecule has 2 aliphatic rings. The van der Waals surface area contributed by atoms with Gasteiger partial charge in [-0.25, -0.2) is 4.98 Å². The molecule has 1 aromatic heterocycles. The van der Waals surface area contributed by atoms with E-state index in [-0.39, 0.29) is 44.7 Å². The van der Waals surface area contributed by atoms with E-state index in [4.69, 9.17) is 23.9 Å². The summed E-state index contributed by atoms with van der Waals surface area (Å²) in [6.45, 7) is 18.6. The first-order valence-corrected chi connectivity index (χ1v) is 22.0. The Bertz CT molecular complexity index is 2210. The molecule has 3 aromatic rings. The number of aromatic nitrogens is 1. The standard InChI is InChI=1S/C46H63N3O11S/c1-12-14-20-49(21-15-13-2)45-48-34-31-32-38(53)28(8)41-33(31)43(55)46(10,60-41)58-22-19-30(57-11)25(5)40(59-29(9)50)27(7)37(52)26(6)36(51)23(3)17-16-18-24(4)44(56)47-35(39(32)54)42(34)61-45/h16-19,22-23,25-27,30,36-37,40,51-54H,12-15,20-21H2,1-11H3,(H,47,56)/b17-16+,22-19+,24-18-. The Morgan fingerprint density at radius 3 is 2.23 bits per heavy atom. The Labute approximate surface area is 362 Å². The molecule has 0 aliphatic carbocycles. The van der Waals surface area contributed by atoms with Gasteiger partial charge in [-0.05, 0) is 32.8 Å². The predicted octanol–water partition coefficient (Wildman–Crippen LogP) is 8.06. The fraction of sp³-hybridized carbons (Fsp3) is 0.565. The lowest BCUT2D eigenvalue weighted by Gasteiger charge is -2.38. The van der Waals surface area contributed by atoms with E-state index in [0.717, 1.165) is 25.7 Å². The number of carbonyl (C=O) groups excluding carboxylic acids is 3. The SMILES string of the molecule is CCCCN(CCCC)c1nc2c(s1)c1c(O)c3c(O)c(C)c4c(c32)C(=O)C(C)(O/C=C/C(OC)C(C)C(OC(C)=O)C(C)C(O)C(C)C(O)C(C)/C=C/C=C(/C)C(=O)N1)O4. The van der Waals surface area contributed by atoms with Crippen LogP contribution in [-0.4, -0.2) is 93.5 Å². The van der Waals surface area contributed by atoms with Gasteiger partial charge in [-0.3, -0.25) is 14.4 Å². The number of anilines is 2. The van der Waals surface area contributed by atoms with E-state index < -0.39 is 77.3 Å². The molecule has 4 bridgehead atoms. The molecule has 0 spiro atoms. The third-order valence-corrected chi connectivity index (χ3v) is 13.3. The summed E-state index contributed by atoms with van der Waals surface area (Å²) in [5.41, 5.74) is 0.811. The average Bonchev–Trinajstić information content (AvgIpc) is 3.78. The number of nitrogens with zero attached hydrogens (tertiary/aromatic N) is 2. The molecule has 9 unspecified atom stereocenters. The summed E-state index contributed by atoms with van der Waals surface area (Å²) in [5, 5.41) is 50.5. The number of hydrogen-bond donors (Lipinski definition) is 5. The van der Waals surface area contributed by atoms with Crippen molar-refractivity contribution in [2.45, 2.75) is 125 Å². The van der Waals surface area contributed by atoms with Gasteiger partial charge >= 0.3 is 11.8 Å². The molecule has 2 aliphatic heterocycles. The second-order valence-electron chi connectivity index (χ2n) is 16.7. The van der Waals surface area contributed by atoms with Gasteiger partial charge in [-0.1, -0.05) is 83.9 Å². The summed E-state index contributed by atoms with van der Waals surface area (Å²) in [6, 6.07) is 0. The zero-order valence-electron chi connectivity index (χ0n) is 37.2. The molecule has 61 heavy (non-hydrogen) atoms. The second-order valence-corrected chi connectivity index (χ2v) is 17.7. The molecule has 5 N–H and O–H groups in total. The highest BCUT2D eigenvalue weighted by atomic mass is 32.1. The highest BCUT2D eigenvalue weighted by Gasteiger charge is 2.50. The molecule has 9 atom stereocenters. The lowest BCUT2D eigenvalue weighted by Crippen LogP contribution is -2.46. The molecule has 334 valence electrons. The van der Waals surface area contributed by atoms with Gasteiger partial charge in [0.05, 0.1) is 45.7 Å². The number of carbonyl (C=O) groups is 3. The molecule has 0 radical (unpaired) electrons. The van der Waals surface area contributed by atoms with Gasteiger partial charge in [-0.15, -0.1) is 0 Å². The highest BCUT2D eigenvalue weighted by Crippen LogP contribution is 2.55. The van der Waals surface area contributed by atoms with Gasteiger partial charge in [0.25, 0.3) is 11.7 Å². The minimum Gasteiger partial charge on any atom is -0.507 e. The third-order valence-electron chi connectivity index (χ3n) is 12.2. The number of benzene rings is 2. The summed E-state index contributed by atoms with van der Waals surface area (Å²) in [7, 11) is 1.47. The van der Waals surface area contributed by atoms with Crippen LogP contribution in [0, 0.1) is 30.6 Å². The Hall–Kier alpha value is -4.70. The number of amides is 1. The van der Waals surface area contributed by atoms with Crippen molar-refractivity contribution in [3.63, 3.8) is 0 Å². The van der Waals surface area contributed by atoms with Gasteiger partial charge in [0.2, 0.25) is 0 Å². The van der Waals surface area contributed by atoms with E-state index in [1.165, 1.54) is 38.6 Å². The minimum absolute atomic E-state index is 0.0313. The van der Waals surface area contributed by atoms with Crippen molar-refractivity contribution in [2.24, 2.45) is 23.7 Å². The number of allylic oxidation sites excluding steroid dienone is 2. The lowest BCUT2D eigenvalue weighted by atomic mass is 9.78. The maximum Gasteiger partial charge on any atom is 0.312 e. The number of phenols is 2. The minimum atomic E-state index is -1.95. The van der Waals surface area contributed by atoms with E-state index in [0.29, 0.717) is 28.4 Å². The second kappa shape index (κ2) is 19.6. The van der Waals surface area contributed by atoms with Crippen molar-refractivity contribution in [3.8, 4) is 17.2 Å². The zero-order valence-corrected chi connectivity index (χ0v) is 38.0. The normalized spacial score (nSPS) is 29.5. The van der Waals surface area contributed by atoms with Gasteiger partial charge in [0, 0.05) is 74.2 Å². The summed E-state index contributed by atoms with van der Waals surface area (Å²) in [6.07, 6.45) is 7.71. The number of ketones is 1. The summed E-state index contributed by atoms with van der Waals surface area (Å²) >= 11 is 1.27. The molecule has 3 heterocycles. The van der Waals surface area contributed by atoms with E-state index in [1.54, 1.807) is 65.8 Å². The number of aliphatic hydroxyl groups is 2. The number of fused-ring (bicyclic) bond motifs is 1. The number of unbranched alkanes of at least 4 members (excludes halogenated alkanes) is 2. The van der Waals surface area contributed by atoms with Crippen molar-refractivity contribution in [1.82, 2.24) is 4.98 Å². The van der Waals surface area contributed by atoms with E-state index in [1.807, 2.05) is 0 Å². The van der Waals surface area contributed by atoms with Crippen LogP contribution in [0.2, 0.25) is 0 Å². The Balaban J connectivity index is 1.76. The van der Waals surface area contributed by atoms with Crippen LogP contribution in [0.4, 0.5) is 10.8 Å². The van der Waals surface area contributed by atoms with E-state index in [9.17, 15) is 34.8 Å². The number of ether oxygens (including phenoxy) is 4. The van der Waals surface area contributed by atoms with Crippen LogP contribution < -0.4 is 15.0 Å². The van der Waals surface area contributed by atoms with Gasteiger partial charge in [0.15, 0.2) is 10.9 Å². The molecular weight excluding hydrogens is 803 g/mol. The monoisotopic (exact) mass is 865 g/mol. The number of Topliss-reactive ketones (excluding diaryl/α,β-unsaturated/α-hetero) is 1. The first-order valence-electron chi connectivity index (χ1n) is 21.2. The van der Waals surface area contributed by atoms with Crippen LogP contribution in [-0.2, 0) is 23.8 Å². The number of hydrogen-bond acceptors (Lipinski definition) is 14. The van der Waals surface area contributed by atoms with Crippen LogP contribution in [0.3, 0.4) is 0 Å². The van der Waals surface area contributed by atoms with Gasteiger partial charge in [-0.2, -0.15) is 0 Å². The largest absolute Gasteiger partial charge is 0.507 e. The Morgan fingerprint density at radius 2 is 1.62 bits per heavy atom. The molecule has 0 saturated heterocycles. The predicted molar refractivity (Wildman–Crippen MR) is 237 cm³/mol. The molecule has 14 nitrogen and oxygen atoms in total. The van der Waals surface area contributed by atoms with Crippen molar-refractivity contribution in [1.29, 1.82) is 0 Å². The van der Waals surface area contributed by atoms with E-state index >= 15 is 0 Å². The van der Waals surface area contributed by atoms with Crippen molar-refractivity contribution in [3.05, 3.63) is 47.3 Å². The van der Waals surface area contributed by atoms with Crippen molar-refractivity contribution in [2.75, 3.05) is 30.4 Å². The number of rotatable bonds is 9. The van der Waals surface area contributed by atoms with Crippen LogP contribution >= 0.6 is 11.3 Å². The number of thiazole rings is 1. The molecule has 1 amide bonds. The maximum absolute atomic E-state index is 14.7. The van der Waals surface area contributed by atoms with Crippen LogP contribution in [0.15, 0.2) is 36.1 Å². The number of esters is 1. The fourth-order valence-electron chi connectivity index (χ4n) is 8.25. The number of aromatic hydroxyl groups is 2. The molecule has 2 aromatic carbocycles. The van der Waals surface area contributed by atoms with Crippen molar-refractivity contribution >= 4 is 60.8 Å². The average molecular weight is 866 g/mol. The first-order chi connectivity index (χ1) is 28.8. The molecular formula is C46H63N3O11S. The molecule has 15 heteroatoms. The number of aliphatic hydroxyl groups excluding tert-OH is 2. The van der Waals surface area contributed by atoms with Gasteiger partial charge in [0.1, 0.15) is 23.3 Å². The summed E-state index contributed by atoms with van der Waals surface area (Å²) in [4.78, 5) is 48.3. The van der Waals surface area contributed by atoms with Crippen LogP contribution in [0.5, 0.6) is 17.2 Å². The first kappa shape index (κ1) is 47.4. The fourth-order valence-corrected chi connectivity index (χ4v) is 9.37. The van der Waals surface area contributed by atoms with Crippen LogP contribution in [0.25, 0.3) is 21.0 Å². The lowest BCUT2D eigenvalue weighted by molar-refractivity contribution is -0.160. The topological polar surface area (TPSA) is 197 Å². The maximum atomic E-state index is 14.7. The molecule has 0 fully saturated rings. The smallest absolute Gasteiger partial charge is 0.312 e. The Morgan fingerprint density at radius 1 is 0.967 bits per heavy atom. The number of phenolic OH excluding ortho intramolecular Hbond substituents is 2. The highest BCUT2D eigenvalue weighted by molar-refractivity contribution is 7.23. The summed E-state index contributed by atoms with van der Waals surface area (Å²) in [5.74, 6) is -6.76. The third kappa shape index (κ3) is 9.40. The number of nitrogens with one attached hydrogen (secondary N) is 1. The Kier molecular flexibility index (Phi) is 15.2. The molecule has 0 saturated carbocycles. The van der Waals surface area contributed by atoms with Gasteiger partial charge < -0.3 is 49.6 Å². The molecule has 5 rings (SSSR count). The summed E-state index contributed by atoms with van der Waals surface area (Å²) < 4.78 is 24.4. The quantitative estimate of drug-likeness (QED) is 0.102. The van der Waals surface area contributed by atoms with Crippen LogP contribution in [0.1, 0.15) is 104 Å². The van der Waals surface area contributed by atoms with E-state index in [2.05, 4.69) is 24.1 Å².